The maximum atomic E-state index is 12.1. The number of rotatable bonds is 13. The molecule has 6 nitrogen and oxygen atoms in total. The first kappa shape index (κ1) is 22.8. The number of ketones is 1. The molecule has 26 heavy (non-hydrogen) atoms. The van der Waals surface area contributed by atoms with E-state index in [2.05, 4.69) is 0 Å². The van der Waals surface area contributed by atoms with Crippen LogP contribution in [0, 0.1) is 11.8 Å². The first-order chi connectivity index (χ1) is 12.3. The number of aliphatic hydroxyl groups excluding tert-OH is 3. The minimum Gasteiger partial charge on any atom is -0.481 e. The molecular formula is C20H34O6. The van der Waals surface area contributed by atoms with Gasteiger partial charge in [0.05, 0.1) is 18.3 Å². The number of aliphatic hydroxyl groups is 3. The van der Waals surface area contributed by atoms with Gasteiger partial charge >= 0.3 is 5.97 Å². The molecule has 6 heteroatoms. The van der Waals surface area contributed by atoms with Gasteiger partial charge in [0.25, 0.3) is 0 Å². The monoisotopic (exact) mass is 370 g/mol. The lowest BCUT2D eigenvalue weighted by atomic mass is 9.88. The number of hydrogen-bond donors (Lipinski definition) is 4. The molecule has 0 saturated heterocycles. The molecule has 4 N–H and O–H groups in total. The van der Waals surface area contributed by atoms with Gasteiger partial charge in [0.2, 0.25) is 0 Å². The van der Waals surface area contributed by atoms with Crippen LogP contribution in [-0.4, -0.2) is 50.5 Å². The highest BCUT2D eigenvalue weighted by atomic mass is 16.4. The minimum atomic E-state index is -0.781. The summed E-state index contributed by atoms with van der Waals surface area (Å²) in [6.07, 6.45) is 7.88. The van der Waals surface area contributed by atoms with Crippen LogP contribution in [0.25, 0.3) is 0 Å². The Kier molecular flexibility index (Phi) is 10.7. The summed E-state index contributed by atoms with van der Waals surface area (Å²) in [6, 6.07) is 0. The molecule has 0 radical (unpaired) electrons. The van der Waals surface area contributed by atoms with E-state index in [1.54, 1.807) is 19.1 Å². The van der Waals surface area contributed by atoms with Crippen molar-refractivity contribution in [2.24, 2.45) is 11.8 Å². The lowest BCUT2D eigenvalue weighted by Crippen LogP contribution is -2.19. The zero-order valence-corrected chi connectivity index (χ0v) is 15.7. The summed E-state index contributed by atoms with van der Waals surface area (Å²) in [7, 11) is 0. The number of carbonyl (C=O) groups excluding carboxylic acids is 1. The molecule has 0 amide bonds. The highest BCUT2D eigenvalue weighted by Crippen LogP contribution is 2.34. The van der Waals surface area contributed by atoms with Gasteiger partial charge < -0.3 is 20.4 Å². The number of unbranched alkanes of at least 4 members (excludes halogenated alkanes) is 3. The molecule has 0 aromatic heterocycles. The molecule has 0 aromatic carbocycles. The Labute approximate surface area is 155 Å². The van der Waals surface area contributed by atoms with Crippen LogP contribution in [0.3, 0.4) is 0 Å². The number of aliphatic carboxylic acids is 1. The van der Waals surface area contributed by atoms with Crippen molar-refractivity contribution in [3.05, 3.63) is 12.2 Å². The Balaban J connectivity index is 2.39. The Morgan fingerprint density at radius 2 is 1.85 bits per heavy atom. The van der Waals surface area contributed by atoms with Gasteiger partial charge in [-0.05, 0) is 39.0 Å². The molecule has 1 fully saturated rings. The van der Waals surface area contributed by atoms with Gasteiger partial charge in [0.1, 0.15) is 5.78 Å². The highest BCUT2D eigenvalue weighted by molar-refractivity contribution is 5.84. The third kappa shape index (κ3) is 8.92. The maximum absolute atomic E-state index is 12.1. The molecular weight excluding hydrogens is 336 g/mol. The minimum absolute atomic E-state index is 0.0706. The van der Waals surface area contributed by atoms with Crippen molar-refractivity contribution >= 4 is 11.8 Å². The summed E-state index contributed by atoms with van der Waals surface area (Å²) in [5.74, 6) is -1.18. The average molecular weight is 370 g/mol. The predicted octanol–water partition coefficient (Wildman–Crippen LogP) is 2.45. The lowest BCUT2D eigenvalue weighted by molar-refractivity contribution is -0.137. The molecule has 0 aromatic rings. The molecule has 1 saturated carbocycles. The van der Waals surface area contributed by atoms with Crippen LogP contribution in [0.2, 0.25) is 0 Å². The normalized spacial score (nSPS) is 25.7. The molecule has 5 atom stereocenters. The second-order valence-corrected chi connectivity index (χ2v) is 7.50. The smallest absolute Gasteiger partial charge is 0.303 e. The van der Waals surface area contributed by atoms with Crippen LogP contribution in [0.1, 0.15) is 71.1 Å². The molecule has 0 heterocycles. The summed E-state index contributed by atoms with van der Waals surface area (Å²) in [5, 5.41) is 38.0. The highest BCUT2D eigenvalue weighted by Gasteiger charge is 2.39. The van der Waals surface area contributed by atoms with Crippen LogP contribution in [-0.2, 0) is 9.59 Å². The van der Waals surface area contributed by atoms with Crippen LogP contribution < -0.4 is 0 Å². The Morgan fingerprint density at radius 3 is 2.50 bits per heavy atom. The number of carbonyl (C=O) groups is 2. The number of carboxylic acids is 1. The van der Waals surface area contributed by atoms with E-state index in [4.69, 9.17) is 5.11 Å². The molecule has 1 rings (SSSR count). The molecule has 1 aliphatic rings. The van der Waals surface area contributed by atoms with E-state index in [9.17, 15) is 24.9 Å². The van der Waals surface area contributed by atoms with E-state index in [-0.39, 0.29) is 36.6 Å². The van der Waals surface area contributed by atoms with Gasteiger partial charge in [0.15, 0.2) is 0 Å². The molecule has 150 valence electrons. The zero-order chi connectivity index (χ0) is 19.5. The molecule has 1 aliphatic carbocycles. The van der Waals surface area contributed by atoms with Crippen molar-refractivity contribution < 1.29 is 30.0 Å². The van der Waals surface area contributed by atoms with Crippen LogP contribution in [0.4, 0.5) is 0 Å². The van der Waals surface area contributed by atoms with Gasteiger partial charge in [-0.2, -0.15) is 0 Å². The van der Waals surface area contributed by atoms with Gasteiger partial charge in [0, 0.05) is 24.7 Å². The van der Waals surface area contributed by atoms with Crippen LogP contribution >= 0.6 is 0 Å². The number of hydrogen-bond acceptors (Lipinski definition) is 5. The van der Waals surface area contributed by atoms with Gasteiger partial charge in [-0.1, -0.05) is 31.4 Å². The van der Waals surface area contributed by atoms with Crippen molar-refractivity contribution in [1.29, 1.82) is 0 Å². The molecule has 0 unspecified atom stereocenters. The summed E-state index contributed by atoms with van der Waals surface area (Å²) in [5.41, 5.74) is 0. The van der Waals surface area contributed by atoms with Gasteiger partial charge in [-0.25, -0.2) is 0 Å². The zero-order valence-electron chi connectivity index (χ0n) is 15.7. The molecule has 0 spiro atoms. The van der Waals surface area contributed by atoms with E-state index >= 15 is 0 Å². The topological polar surface area (TPSA) is 115 Å². The van der Waals surface area contributed by atoms with Gasteiger partial charge in [-0.15, -0.1) is 0 Å². The fourth-order valence-electron chi connectivity index (χ4n) is 3.56. The van der Waals surface area contributed by atoms with E-state index in [1.807, 2.05) is 0 Å². The van der Waals surface area contributed by atoms with E-state index in [1.165, 1.54) is 0 Å². The number of carboxylic acid groups (broad SMARTS) is 1. The first-order valence-electron chi connectivity index (χ1n) is 9.78. The second kappa shape index (κ2) is 12.2. The van der Waals surface area contributed by atoms with Crippen molar-refractivity contribution in [3.63, 3.8) is 0 Å². The maximum Gasteiger partial charge on any atom is 0.303 e. The standard InChI is InChI=1S/C20H34O6/c1-14(21)7-6-8-15(22)11-12-17-16(18(23)13-19(17)24)9-4-2-3-5-10-20(25)26/h11-12,14-17,19,21-22,24H,2-10,13H2,1H3,(H,25,26)/t14-,15-,16-,17-,19-/m1/s1. The molecule has 0 aliphatic heterocycles. The second-order valence-electron chi connectivity index (χ2n) is 7.50. The Bertz CT molecular complexity index is 459. The van der Waals surface area contributed by atoms with Crippen molar-refractivity contribution in [2.45, 2.75) is 89.4 Å². The van der Waals surface area contributed by atoms with Crippen molar-refractivity contribution in [1.82, 2.24) is 0 Å². The average Bonchev–Trinajstić information content (AvgIpc) is 2.81. The summed E-state index contributed by atoms with van der Waals surface area (Å²) < 4.78 is 0. The van der Waals surface area contributed by atoms with Gasteiger partial charge in [-0.3, -0.25) is 9.59 Å². The fraction of sp³-hybridized carbons (Fsp3) is 0.800. The third-order valence-corrected chi connectivity index (χ3v) is 5.07. The first-order valence-corrected chi connectivity index (χ1v) is 9.78. The third-order valence-electron chi connectivity index (χ3n) is 5.07. The quantitative estimate of drug-likeness (QED) is 0.292. The number of Topliss-reactive ketones (excluding diaryl/α,β-unsaturated/α-hetero) is 1. The Morgan fingerprint density at radius 1 is 1.15 bits per heavy atom. The lowest BCUT2D eigenvalue weighted by Gasteiger charge is -2.18. The van der Waals surface area contributed by atoms with E-state index in [0.29, 0.717) is 25.7 Å². The van der Waals surface area contributed by atoms with Crippen LogP contribution in [0.5, 0.6) is 0 Å². The largest absolute Gasteiger partial charge is 0.481 e. The SMILES string of the molecule is C[C@@H](O)CCC[C@@H](O)C=C[C@H]1[C@H](O)CC(=O)[C@@H]1CCCCCCC(=O)O. The van der Waals surface area contributed by atoms with E-state index in [0.717, 1.165) is 25.7 Å². The van der Waals surface area contributed by atoms with Crippen molar-refractivity contribution in [3.8, 4) is 0 Å². The molecule has 0 bridgehead atoms. The Hall–Kier alpha value is -1.24. The summed E-state index contributed by atoms with van der Waals surface area (Å²) in [4.78, 5) is 22.6. The van der Waals surface area contributed by atoms with Crippen LogP contribution in [0.15, 0.2) is 12.2 Å². The summed E-state index contributed by atoms with van der Waals surface area (Å²) in [6.45, 7) is 1.72. The predicted molar refractivity (Wildman–Crippen MR) is 98.6 cm³/mol. The van der Waals surface area contributed by atoms with Crippen molar-refractivity contribution in [2.75, 3.05) is 0 Å². The summed E-state index contributed by atoms with van der Waals surface area (Å²) >= 11 is 0. The van der Waals surface area contributed by atoms with E-state index < -0.39 is 18.2 Å². The fourth-order valence-corrected chi connectivity index (χ4v) is 3.56.